The average Bonchev–Trinajstić information content (AvgIpc) is 2.93. The van der Waals surface area contributed by atoms with Crippen LogP contribution in [-0.4, -0.2) is 53.3 Å². The average molecular weight is 341 g/mol. The van der Waals surface area contributed by atoms with Gasteiger partial charge in [0.2, 0.25) is 5.91 Å². The van der Waals surface area contributed by atoms with Crippen LogP contribution in [0.25, 0.3) is 0 Å². The molecule has 0 unspecified atom stereocenters. The zero-order chi connectivity index (χ0) is 17.6. The topological polar surface area (TPSA) is 53.4 Å². The molecule has 0 saturated carbocycles. The third kappa shape index (κ3) is 4.82. The van der Waals surface area contributed by atoms with Crippen molar-refractivity contribution < 1.29 is 4.79 Å². The van der Waals surface area contributed by atoms with E-state index in [4.69, 9.17) is 0 Å². The fourth-order valence-corrected chi connectivity index (χ4v) is 3.26. The van der Waals surface area contributed by atoms with Crippen LogP contribution in [-0.2, 0) is 11.8 Å². The van der Waals surface area contributed by atoms with Gasteiger partial charge in [0.25, 0.3) is 0 Å². The number of benzene rings is 1. The molecular weight excluding hydrogens is 314 g/mol. The van der Waals surface area contributed by atoms with E-state index < -0.39 is 0 Å². The van der Waals surface area contributed by atoms with Gasteiger partial charge in [0.15, 0.2) is 0 Å². The highest BCUT2D eigenvalue weighted by atomic mass is 16.1. The number of hydrogen-bond acceptors (Lipinski definition) is 4. The number of nitrogens with zero attached hydrogens (tertiary/aromatic N) is 4. The van der Waals surface area contributed by atoms with Gasteiger partial charge in [-0.05, 0) is 32.0 Å². The van der Waals surface area contributed by atoms with E-state index in [0.717, 1.165) is 50.7 Å². The molecule has 1 aliphatic heterocycles. The summed E-state index contributed by atoms with van der Waals surface area (Å²) < 4.78 is 1.70. The number of amides is 1. The number of piperazine rings is 1. The minimum absolute atomic E-state index is 0.0610. The van der Waals surface area contributed by atoms with Crippen LogP contribution < -0.4 is 10.2 Å². The Kier molecular flexibility index (Phi) is 5.71. The fourth-order valence-electron chi connectivity index (χ4n) is 3.26. The minimum atomic E-state index is 0.0610. The molecule has 1 aliphatic rings. The van der Waals surface area contributed by atoms with E-state index in [1.54, 1.807) is 4.68 Å². The summed E-state index contributed by atoms with van der Waals surface area (Å²) in [4.78, 5) is 16.9. The number of aryl methyl sites for hydroxylation is 2. The second-order valence-corrected chi connectivity index (χ2v) is 6.61. The van der Waals surface area contributed by atoms with Crippen LogP contribution in [0.5, 0.6) is 0 Å². The number of aromatic nitrogens is 2. The van der Waals surface area contributed by atoms with Crippen LogP contribution >= 0.6 is 0 Å². The van der Waals surface area contributed by atoms with Crippen molar-refractivity contribution in [1.29, 1.82) is 0 Å². The summed E-state index contributed by atoms with van der Waals surface area (Å²) in [7, 11) is 1.84. The number of hydrogen-bond donors (Lipinski definition) is 1. The molecule has 1 saturated heterocycles. The maximum atomic E-state index is 12.1. The molecule has 6 heteroatoms. The first-order valence-corrected chi connectivity index (χ1v) is 8.94. The van der Waals surface area contributed by atoms with Crippen molar-refractivity contribution in [3.8, 4) is 0 Å². The first kappa shape index (κ1) is 17.5. The van der Waals surface area contributed by atoms with Crippen molar-refractivity contribution in [3.05, 3.63) is 42.1 Å². The van der Waals surface area contributed by atoms with Crippen molar-refractivity contribution in [3.63, 3.8) is 0 Å². The summed E-state index contributed by atoms with van der Waals surface area (Å²) in [6.07, 6.45) is 1.43. The smallest absolute Gasteiger partial charge is 0.225 e. The summed E-state index contributed by atoms with van der Waals surface area (Å²) in [6, 6.07) is 12.5. The van der Waals surface area contributed by atoms with Crippen LogP contribution in [0.1, 0.15) is 18.5 Å². The predicted molar refractivity (Wildman–Crippen MR) is 101 cm³/mol. The largest absolute Gasteiger partial charge is 0.369 e. The molecule has 1 fully saturated rings. The second-order valence-electron chi connectivity index (χ2n) is 6.61. The zero-order valence-corrected chi connectivity index (χ0v) is 15.1. The maximum Gasteiger partial charge on any atom is 0.225 e. The Balaban J connectivity index is 1.36. The predicted octanol–water partition coefficient (Wildman–Crippen LogP) is 2.27. The molecule has 1 aromatic carbocycles. The van der Waals surface area contributed by atoms with E-state index in [2.05, 4.69) is 50.5 Å². The van der Waals surface area contributed by atoms with Gasteiger partial charge in [0, 0.05) is 51.4 Å². The lowest BCUT2D eigenvalue weighted by molar-refractivity contribution is -0.116. The van der Waals surface area contributed by atoms with Gasteiger partial charge >= 0.3 is 0 Å². The maximum absolute atomic E-state index is 12.1. The number of carbonyl (C=O) groups is 1. The number of anilines is 2. The van der Waals surface area contributed by atoms with Crippen molar-refractivity contribution in [1.82, 2.24) is 14.7 Å². The van der Waals surface area contributed by atoms with Crippen LogP contribution in [0.2, 0.25) is 0 Å². The molecule has 0 bridgehead atoms. The lowest BCUT2D eigenvalue weighted by atomic mass is 10.2. The van der Waals surface area contributed by atoms with Crippen molar-refractivity contribution in [2.24, 2.45) is 7.05 Å². The third-order valence-corrected chi connectivity index (χ3v) is 4.64. The van der Waals surface area contributed by atoms with E-state index >= 15 is 0 Å². The van der Waals surface area contributed by atoms with Crippen molar-refractivity contribution >= 4 is 17.4 Å². The summed E-state index contributed by atoms with van der Waals surface area (Å²) in [5, 5.41) is 7.17. The highest BCUT2D eigenvalue weighted by Gasteiger charge is 2.17. The molecule has 3 rings (SSSR count). The quantitative estimate of drug-likeness (QED) is 0.876. The van der Waals surface area contributed by atoms with Gasteiger partial charge < -0.3 is 10.2 Å². The summed E-state index contributed by atoms with van der Waals surface area (Å²) in [6.45, 7) is 7.09. The SMILES string of the molecule is Cc1cc(NC(=O)CCCN2CCN(c3ccccc3)CC2)n(C)n1. The molecule has 1 amide bonds. The monoisotopic (exact) mass is 341 g/mol. The van der Waals surface area contributed by atoms with Crippen LogP contribution in [0.3, 0.4) is 0 Å². The first-order chi connectivity index (χ1) is 12.1. The van der Waals surface area contributed by atoms with E-state index in [1.165, 1.54) is 5.69 Å². The molecule has 2 heterocycles. The Hall–Kier alpha value is -2.34. The fraction of sp³-hybridized carbons (Fsp3) is 0.474. The lowest BCUT2D eigenvalue weighted by Crippen LogP contribution is -2.46. The molecule has 25 heavy (non-hydrogen) atoms. The van der Waals surface area contributed by atoms with E-state index in [1.807, 2.05) is 20.0 Å². The Morgan fingerprint density at radius 3 is 2.52 bits per heavy atom. The molecular formula is C19H27N5O. The van der Waals surface area contributed by atoms with E-state index in [-0.39, 0.29) is 5.91 Å². The van der Waals surface area contributed by atoms with Gasteiger partial charge in [-0.3, -0.25) is 14.4 Å². The van der Waals surface area contributed by atoms with Crippen LogP contribution in [0.4, 0.5) is 11.5 Å². The molecule has 134 valence electrons. The number of para-hydroxylation sites is 1. The van der Waals surface area contributed by atoms with Crippen LogP contribution in [0.15, 0.2) is 36.4 Å². The highest BCUT2D eigenvalue weighted by Crippen LogP contribution is 2.16. The Bertz CT molecular complexity index is 689. The Morgan fingerprint density at radius 2 is 1.88 bits per heavy atom. The molecule has 6 nitrogen and oxygen atoms in total. The number of rotatable bonds is 6. The molecule has 1 aromatic heterocycles. The Labute approximate surface area is 149 Å². The molecule has 1 N–H and O–H groups in total. The van der Waals surface area contributed by atoms with Crippen LogP contribution in [0, 0.1) is 6.92 Å². The van der Waals surface area contributed by atoms with Gasteiger partial charge in [-0.2, -0.15) is 5.10 Å². The van der Waals surface area contributed by atoms with Gasteiger partial charge in [0.05, 0.1) is 5.69 Å². The van der Waals surface area contributed by atoms with E-state index in [9.17, 15) is 4.79 Å². The van der Waals surface area contributed by atoms with Crippen molar-refractivity contribution in [2.75, 3.05) is 42.9 Å². The van der Waals surface area contributed by atoms with Crippen molar-refractivity contribution in [2.45, 2.75) is 19.8 Å². The van der Waals surface area contributed by atoms with Gasteiger partial charge in [-0.25, -0.2) is 0 Å². The molecule has 0 atom stereocenters. The molecule has 0 spiro atoms. The third-order valence-electron chi connectivity index (χ3n) is 4.64. The lowest BCUT2D eigenvalue weighted by Gasteiger charge is -2.36. The molecule has 0 aliphatic carbocycles. The first-order valence-electron chi connectivity index (χ1n) is 8.94. The molecule has 2 aromatic rings. The highest BCUT2D eigenvalue weighted by molar-refractivity contribution is 5.89. The normalized spacial score (nSPS) is 15.4. The number of carbonyl (C=O) groups excluding carboxylic acids is 1. The molecule has 0 radical (unpaired) electrons. The number of nitrogens with one attached hydrogen (secondary N) is 1. The standard InChI is InChI=1S/C19H27N5O/c1-16-15-18(22(2)21-16)20-19(25)9-6-10-23-11-13-24(14-12-23)17-7-4-3-5-8-17/h3-5,7-8,15H,6,9-14H2,1-2H3,(H,20,25). The summed E-state index contributed by atoms with van der Waals surface area (Å²) >= 11 is 0. The zero-order valence-electron chi connectivity index (χ0n) is 15.1. The second kappa shape index (κ2) is 8.16. The summed E-state index contributed by atoms with van der Waals surface area (Å²) in [5.74, 6) is 0.824. The van der Waals surface area contributed by atoms with Gasteiger partial charge in [-0.15, -0.1) is 0 Å². The van der Waals surface area contributed by atoms with Gasteiger partial charge in [-0.1, -0.05) is 18.2 Å². The Morgan fingerprint density at radius 1 is 1.16 bits per heavy atom. The van der Waals surface area contributed by atoms with E-state index in [0.29, 0.717) is 6.42 Å². The summed E-state index contributed by atoms with van der Waals surface area (Å²) in [5.41, 5.74) is 2.21. The van der Waals surface area contributed by atoms with Gasteiger partial charge in [0.1, 0.15) is 5.82 Å². The minimum Gasteiger partial charge on any atom is -0.369 e.